The average Bonchev–Trinajstić information content (AvgIpc) is 3.50. The van der Waals surface area contributed by atoms with Crippen LogP contribution in [0.25, 0.3) is 16.7 Å². The maximum Gasteiger partial charge on any atom is 0.262 e. The van der Waals surface area contributed by atoms with Crippen LogP contribution < -0.4 is 10.9 Å². The molecule has 0 saturated heterocycles. The zero-order valence-electron chi connectivity index (χ0n) is 19.5. The molecule has 1 saturated carbocycles. The number of carbonyl (C=O) groups is 1. The summed E-state index contributed by atoms with van der Waals surface area (Å²) in [5.41, 5.74) is 2.29. The lowest BCUT2D eigenvalue weighted by molar-refractivity contribution is 0.0938. The highest BCUT2D eigenvalue weighted by molar-refractivity contribution is 7.98. The number of hydrogen-bond acceptors (Lipinski definition) is 5. The van der Waals surface area contributed by atoms with Crippen molar-refractivity contribution in [2.45, 2.75) is 63.0 Å². The van der Waals surface area contributed by atoms with Crippen molar-refractivity contribution in [1.29, 1.82) is 0 Å². The Morgan fingerprint density at radius 2 is 1.88 bits per heavy atom. The fraction of sp³-hybridized carbons (Fsp3) is 0.385. The van der Waals surface area contributed by atoms with Crippen LogP contribution >= 0.6 is 11.8 Å². The Hall–Kier alpha value is -3.13. The molecule has 5 rings (SSSR count). The highest BCUT2D eigenvalue weighted by Crippen LogP contribution is 2.26. The summed E-state index contributed by atoms with van der Waals surface area (Å²) in [5.74, 6) is 1.41. The molecule has 2 heterocycles. The summed E-state index contributed by atoms with van der Waals surface area (Å²) in [6, 6.07) is 15.7. The van der Waals surface area contributed by atoms with E-state index in [1.54, 1.807) is 28.5 Å². The standard InChI is InChI=1S/C26H29N5O2S/c1-17(2)15-30-24(33)21-13-12-19(23(32)27-20-10-6-7-11-20)14-22(21)31-25(30)28-29-26(31)34-16-18-8-4-3-5-9-18/h3-5,8-9,12-14,17,20H,6-7,10-11,15-16H2,1-2H3,(H,27,32). The first-order chi connectivity index (χ1) is 16.5. The molecule has 2 aromatic carbocycles. The van der Waals surface area contributed by atoms with Crippen molar-refractivity contribution in [1.82, 2.24) is 24.5 Å². The van der Waals surface area contributed by atoms with Gasteiger partial charge in [0.25, 0.3) is 11.5 Å². The van der Waals surface area contributed by atoms with E-state index in [1.165, 1.54) is 5.56 Å². The molecule has 0 radical (unpaired) electrons. The molecule has 0 bridgehead atoms. The minimum Gasteiger partial charge on any atom is -0.349 e. The number of nitrogens with one attached hydrogen (secondary N) is 1. The van der Waals surface area contributed by atoms with Gasteiger partial charge in [-0.3, -0.25) is 18.6 Å². The van der Waals surface area contributed by atoms with E-state index < -0.39 is 0 Å². The summed E-state index contributed by atoms with van der Waals surface area (Å²) in [5, 5.41) is 13.3. The van der Waals surface area contributed by atoms with Crippen LogP contribution in [0.5, 0.6) is 0 Å². The Morgan fingerprint density at radius 3 is 2.62 bits per heavy atom. The first kappa shape index (κ1) is 22.7. The lowest BCUT2D eigenvalue weighted by Gasteiger charge is -2.15. The summed E-state index contributed by atoms with van der Waals surface area (Å²) in [6.45, 7) is 4.69. The Kier molecular flexibility index (Phi) is 6.41. The van der Waals surface area contributed by atoms with Gasteiger partial charge in [-0.25, -0.2) is 0 Å². The van der Waals surface area contributed by atoms with Gasteiger partial charge in [0.2, 0.25) is 5.78 Å². The lowest BCUT2D eigenvalue weighted by Crippen LogP contribution is -2.32. The molecule has 0 atom stereocenters. The molecule has 1 aliphatic carbocycles. The maximum absolute atomic E-state index is 13.4. The van der Waals surface area contributed by atoms with Crippen molar-refractivity contribution in [3.05, 3.63) is 70.0 Å². The Morgan fingerprint density at radius 1 is 1.12 bits per heavy atom. The predicted molar refractivity (Wildman–Crippen MR) is 135 cm³/mol. The molecule has 176 valence electrons. The number of rotatable bonds is 7. The summed E-state index contributed by atoms with van der Waals surface area (Å²) in [4.78, 5) is 26.4. The Balaban J connectivity index is 1.61. The summed E-state index contributed by atoms with van der Waals surface area (Å²) < 4.78 is 3.63. The van der Waals surface area contributed by atoms with E-state index in [0.717, 1.165) is 31.4 Å². The van der Waals surface area contributed by atoms with Crippen LogP contribution in [0.15, 0.2) is 58.5 Å². The fourth-order valence-corrected chi connectivity index (χ4v) is 5.50. The van der Waals surface area contributed by atoms with Gasteiger partial charge in [0.05, 0.1) is 10.9 Å². The van der Waals surface area contributed by atoms with Crippen LogP contribution in [0.4, 0.5) is 0 Å². The van der Waals surface area contributed by atoms with Gasteiger partial charge >= 0.3 is 0 Å². The van der Waals surface area contributed by atoms with Crippen LogP contribution in [0.3, 0.4) is 0 Å². The number of hydrogen-bond donors (Lipinski definition) is 1. The molecule has 4 aromatic rings. The van der Waals surface area contributed by atoms with Gasteiger partial charge < -0.3 is 5.32 Å². The van der Waals surface area contributed by atoms with E-state index in [1.807, 2.05) is 28.7 Å². The number of thioether (sulfide) groups is 1. The molecule has 1 N–H and O–H groups in total. The van der Waals surface area contributed by atoms with Crippen molar-refractivity contribution < 1.29 is 4.79 Å². The highest BCUT2D eigenvalue weighted by Gasteiger charge is 2.21. The maximum atomic E-state index is 13.4. The van der Waals surface area contributed by atoms with Crippen molar-refractivity contribution in [3.8, 4) is 0 Å². The predicted octanol–water partition coefficient (Wildman–Crippen LogP) is 4.66. The largest absolute Gasteiger partial charge is 0.349 e. The van der Waals surface area contributed by atoms with Crippen LogP contribution in [0.1, 0.15) is 55.5 Å². The number of aromatic nitrogens is 4. The van der Waals surface area contributed by atoms with E-state index in [9.17, 15) is 9.59 Å². The fourth-order valence-electron chi connectivity index (χ4n) is 4.61. The molecule has 8 heteroatoms. The Bertz CT molecular complexity index is 1390. The van der Waals surface area contributed by atoms with Gasteiger partial charge in [-0.1, -0.05) is 68.8 Å². The van der Waals surface area contributed by atoms with Crippen LogP contribution in [-0.4, -0.2) is 31.1 Å². The number of benzene rings is 2. The smallest absolute Gasteiger partial charge is 0.262 e. The van der Waals surface area contributed by atoms with Crippen molar-refractivity contribution in [2.24, 2.45) is 5.92 Å². The molecular weight excluding hydrogens is 446 g/mol. The molecule has 34 heavy (non-hydrogen) atoms. The van der Waals surface area contributed by atoms with Crippen LogP contribution in [0.2, 0.25) is 0 Å². The van der Waals surface area contributed by atoms with Gasteiger partial charge in [-0.2, -0.15) is 0 Å². The van der Waals surface area contributed by atoms with E-state index in [0.29, 0.717) is 33.9 Å². The third-order valence-corrected chi connectivity index (χ3v) is 7.28. The molecule has 1 aliphatic rings. The lowest BCUT2D eigenvalue weighted by atomic mass is 10.1. The summed E-state index contributed by atoms with van der Waals surface area (Å²) >= 11 is 1.57. The molecule has 0 unspecified atom stereocenters. The molecule has 1 amide bonds. The quantitative estimate of drug-likeness (QED) is 0.393. The van der Waals surface area contributed by atoms with E-state index in [-0.39, 0.29) is 23.4 Å². The second-order valence-corrected chi connectivity index (χ2v) is 10.3. The van der Waals surface area contributed by atoms with Gasteiger partial charge in [-0.05, 0) is 42.5 Å². The number of fused-ring (bicyclic) bond motifs is 3. The average molecular weight is 476 g/mol. The molecule has 0 aliphatic heterocycles. The van der Waals surface area contributed by atoms with E-state index in [2.05, 4.69) is 41.5 Å². The zero-order chi connectivity index (χ0) is 23.7. The molecular formula is C26H29N5O2S. The summed E-state index contributed by atoms with van der Waals surface area (Å²) in [7, 11) is 0. The molecule has 2 aromatic heterocycles. The van der Waals surface area contributed by atoms with Crippen LogP contribution in [-0.2, 0) is 12.3 Å². The first-order valence-electron chi connectivity index (χ1n) is 11.9. The van der Waals surface area contributed by atoms with Gasteiger partial charge in [0.1, 0.15) is 0 Å². The number of carbonyl (C=O) groups excluding carboxylic acids is 1. The third-order valence-electron chi connectivity index (χ3n) is 6.28. The summed E-state index contributed by atoms with van der Waals surface area (Å²) in [6.07, 6.45) is 4.35. The van der Waals surface area contributed by atoms with Gasteiger partial charge in [0.15, 0.2) is 5.16 Å². The topological polar surface area (TPSA) is 81.3 Å². The van der Waals surface area contributed by atoms with Crippen molar-refractivity contribution >= 4 is 34.3 Å². The number of nitrogens with zero attached hydrogens (tertiary/aromatic N) is 4. The second-order valence-electron chi connectivity index (χ2n) is 9.39. The normalized spacial score (nSPS) is 14.4. The number of amides is 1. The third kappa shape index (κ3) is 4.46. The first-order valence-corrected chi connectivity index (χ1v) is 12.9. The van der Waals surface area contributed by atoms with E-state index >= 15 is 0 Å². The van der Waals surface area contributed by atoms with E-state index in [4.69, 9.17) is 0 Å². The highest BCUT2D eigenvalue weighted by atomic mass is 32.2. The monoisotopic (exact) mass is 475 g/mol. The Labute approximate surface area is 202 Å². The van der Waals surface area contributed by atoms with Crippen molar-refractivity contribution in [3.63, 3.8) is 0 Å². The second kappa shape index (κ2) is 9.62. The zero-order valence-corrected chi connectivity index (χ0v) is 20.3. The van der Waals surface area contributed by atoms with Gasteiger partial charge in [-0.15, -0.1) is 10.2 Å². The van der Waals surface area contributed by atoms with Gasteiger partial charge in [0, 0.05) is 23.9 Å². The van der Waals surface area contributed by atoms with Crippen molar-refractivity contribution in [2.75, 3.05) is 0 Å². The molecule has 7 nitrogen and oxygen atoms in total. The minimum atomic E-state index is -0.106. The minimum absolute atomic E-state index is 0.0973. The molecule has 0 spiro atoms. The molecule has 1 fully saturated rings. The van der Waals surface area contributed by atoms with Crippen LogP contribution in [0, 0.1) is 5.92 Å². The SMILES string of the molecule is CC(C)Cn1c(=O)c2ccc(C(=O)NC3CCCC3)cc2n2c(SCc3ccccc3)nnc12.